The molecule has 5 nitrogen and oxygen atoms in total. The summed E-state index contributed by atoms with van der Waals surface area (Å²) < 4.78 is 7.41. The minimum Gasteiger partial charge on any atom is -0.492 e. The Morgan fingerprint density at radius 1 is 1.24 bits per heavy atom. The van der Waals surface area contributed by atoms with Crippen LogP contribution in [0.4, 0.5) is 0 Å². The van der Waals surface area contributed by atoms with Gasteiger partial charge in [-0.2, -0.15) is 5.10 Å². The van der Waals surface area contributed by atoms with Gasteiger partial charge >= 0.3 is 0 Å². The van der Waals surface area contributed by atoms with Crippen molar-refractivity contribution in [1.29, 1.82) is 0 Å². The first-order valence-electron chi connectivity index (χ1n) is 7.52. The van der Waals surface area contributed by atoms with Crippen molar-refractivity contribution in [2.45, 2.75) is 46.3 Å². The molecule has 0 radical (unpaired) electrons. The van der Waals surface area contributed by atoms with Crippen LogP contribution in [-0.4, -0.2) is 26.5 Å². The Balaban J connectivity index is 2.26. The SMILES string of the molecule is CCCOc1cncc(C(O)c2cc(CC)nn2CC)c1. The van der Waals surface area contributed by atoms with Crippen molar-refractivity contribution in [2.24, 2.45) is 0 Å². The topological polar surface area (TPSA) is 60.2 Å². The van der Waals surface area contributed by atoms with Gasteiger partial charge in [0.05, 0.1) is 24.2 Å². The van der Waals surface area contributed by atoms with Crippen molar-refractivity contribution in [3.05, 3.63) is 41.5 Å². The van der Waals surface area contributed by atoms with Gasteiger partial charge in [0.1, 0.15) is 11.9 Å². The first-order valence-corrected chi connectivity index (χ1v) is 7.52. The molecule has 0 aliphatic rings. The fraction of sp³-hybridized carbons (Fsp3) is 0.500. The number of hydrogen-bond donors (Lipinski definition) is 1. The van der Waals surface area contributed by atoms with Gasteiger partial charge < -0.3 is 9.84 Å². The summed E-state index contributed by atoms with van der Waals surface area (Å²) in [5, 5.41) is 15.1. The number of ether oxygens (including phenoxy) is 1. The Hall–Kier alpha value is -1.88. The Bertz CT molecular complexity index is 581. The van der Waals surface area contributed by atoms with Crippen molar-refractivity contribution < 1.29 is 9.84 Å². The summed E-state index contributed by atoms with van der Waals surface area (Å²) in [7, 11) is 0. The molecule has 0 saturated heterocycles. The van der Waals surface area contributed by atoms with Crippen LogP contribution in [-0.2, 0) is 13.0 Å². The van der Waals surface area contributed by atoms with Crippen LogP contribution in [0.25, 0.3) is 0 Å². The molecule has 0 aromatic carbocycles. The Labute approximate surface area is 125 Å². The maximum atomic E-state index is 10.6. The highest BCUT2D eigenvalue weighted by molar-refractivity contribution is 5.30. The summed E-state index contributed by atoms with van der Waals surface area (Å²) in [4.78, 5) is 4.15. The van der Waals surface area contributed by atoms with Gasteiger partial charge in [0, 0.05) is 18.3 Å². The number of aryl methyl sites for hydroxylation is 2. The predicted molar refractivity (Wildman–Crippen MR) is 81.4 cm³/mol. The number of rotatable bonds is 7. The highest BCUT2D eigenvalue weighted by Crippen LogP contribution is 2.25. The van der Waals surface area contributed by atoms with Crippen molar-refractivity contribution in [3.8, 4) is 5.75 Å². The van der Waals surface area contributed by atoms with Crippen molar-refractivity contribution >= 4 is 0 Å². The standard InChI is InChI=1S/C16H23N3O2/c1-4-7-21-14-8-12(10-17-11-14)16(20)15-9-13(5-2)18-19(15)6-3/h8-11,16,20H,4-7H2,1-3H3. The van der Waals surface area contributed by atoms with E-state index in [2.05, 4.69) is 23.9 Å². The second-order valence-corrected chi connectivity index (χ2v) is 4.93. The summed E-state index contributed by atoms with van der Waals surface area (Å²) in [6, 6.07) is 3.79. The highest BCUT2D eigenvalue weighted by Gasteiger charge is 2.17. The first-order chi connectivity index (χ1) is 10.2. The molecule has 0 saturated carbocycles. The Morgan fingerprint density at radius 2 is 2.05 bits per heavy atom. The minimum atomic E-state index is -0.740. The van der Waals surface area contributed by atoms with E-state index in [9.17, 15) is 5.11 Å². The van der Waals surface area contributed by atoms with E-state index in [0.717, 1.165) is 36.3 Å². The number of hydrogen-bond acceptors (Lipinski definition) is 4. The van der Waals surface area contributed by atoms with Crippen molar-refractivity contribution in [1.82, 2.24) is 14.8 Å². The van der Waals surface area contributed by atoms with Crippen LogP contribution < -0.4 is 4.74 Å². The predicted octanol–water partition coefficient (Wildman–Crippen LogP) is 2.73. The quantitative estimate of drug-likeness (QED) is 0.851. The smallest absolute Gasteiger partial charge is 0.137 e. The van der Waals surface area contributed by atoms with Gasteiger partial charge in [-0.15, -0.1) is 0 Å². The molecule has 2 aromatic heterocycles. The molecule has 0 aliphatic heterocycles. The molecular formula is C16H23N3O2. The van der Waals surface area contributed by atoms with Gasteiger partial charge in [0.25, 0.3) is 0 Å². The lowest BCUT2D eigenvalue weighted by Gasteiger charge is -2.13. The maximum Gasteiger partial charge on any atom is 0.137 e. The second kappa shape index (κ2) is 7.22. The molecule has 5 heteroatoms. The molecule has 0 spiro atoms. The molecule has 1 unspecified atom stereocenters. The zero-order valence-corrected chi connectivity index (χ0v) is 12.9. The molecule has 21 heavy (non-hydrogen) atoms. The van der Waals surface area contributed by atoms with Gasteiger partial charge in [-0.1, -0.05) is 13.8 Å². The van der Waals surface area contributed by atoms with E-state index in [0.29, 0.717) is 12.4 Å². The highest BCUT2D eigenvalue weighted by atomic mass is 16.5. The lowest BCUT2D eigenvalue weighted by molar-refractivity contribution is 0.206. The molecule has 2 heterocycles. The molecule has 0 amide bonds. The fourth-order valence-electron chi connectivity index (χ4n) is 2.19. The molecular weight excluding hydrogens is 266 g/mol. The van der Waals surface area contributed by atoms with Crippen molar-refractivity contribution in [3.63, 3.8) is 0 Å². The largest absolute Gasteiger partial charge is 0.492 e. The number of aliphatic hydroxyl groups excluding tert-OH is 1. The van der Waals surface area contributed by atoms with Crippen LogP contribution in [0.15, 0.2) is 24.5 Å². The summed E-state index contributed by atoms with van der Waals surface area (Å²) in [5.41, 5.74) is 2.50. The average molecular weight is 289 g/mol. The number of nitrogens with zero attached hydrogens (tertiary/aromatic N) is 3. The lowest BCUT2D eigenvalue weighted by Crippen LogP contribution is -2.09. The van der Waals surface area contributed by atoms with Crippen LogP contribution in [0.5, 0.6) is 5.75 Å². The summed E-state index contributed by atoms with van der Waals surface area (Å²) >= 11 is 0. The maximum absolute atomic E-state index is 10.6. The summed E-state index contributed by atoms with van der Waals surface area (Å²) in [6.07, 6.45) is 4.39. The number of aromatic nitrogens is 3. The zero-order chi connectivity index (χ0) is 15.2. The molecule has 1 N–H and O–H groups in total. The molecule has 114 valence electrons. The molecule has 0 fully saturated rings. The Kier molecular flexibility index (Phi) is 5.33. The van der Waals surface area contributed by atoms with Crippen LogP contribution in [0.1, 0.15) is 50.2 Å². The third-order valence-electron chi connectivity index (χ3n) is 3.33. The third-order valence-corrected chi connectivity index (χ3v) is 3.33. The van der Waals surface area contributed by atoms with Crippen LogP contribution in [0.2, 0.25) is 0 Å². The van der Waals surface area contributed by atoms with Gasteiger partial charge in [0.15, 0.2) is 0 Å². The Morgan fingerprint density at radius 3 is 2.71 bits per heavy atom. The lowest BCUT2D eigenvalue weighted by atomic mass is 10.1. The van der Waals surface area contributed by atoms with E-state index in [1.807, 2.05) is 23.7 Å². The van der Waals surface area contributed by atoms with Crippen molar-refractivity contribution in [2.75, 3.05) is 6.61 Å². The zero-order valence-electron chi connectivity index (χ0n) is 12.9. The van der Waals surface area contributed by atoms with E-state index < -0.39 is 6.10 Å². The van der Waals surface area contributed by atoms with Crippen LogP contribution in [0.3, 0.4) is 0 Å². The van der Waals surface area contributed by atoms with Crippen LogP contribution >= 0.6 is 0 Å². The van der Waals surface area contributed by atoms with E-state index in [-0.39, 0.29) is 0 Å². The average Bonchev–Trinajstić information content (AvgIpc) is 2.96. The number of pyridine rings is 1. The van der Waals surface area contributed by atoms with E-state index >= 15 is 0 Å². The molecule has 0 aliphatic carbocycles. The summed E-state index contributed by atoms with van der Waals surface area (Å²) in [5.74, 6) is 0.687. The van der Waals surface area contributed by atoms with Gasteiger partial charge in [-0.3, -0.25) is 9.67 Å². The van der Waals surface area contributed by atoms with Gasteiger partial charge in [-0.25, -0.2) is 0 Å². The summed E-state index contributed by atoms with van der Waals surface area (Å²) in [6.45, 7) is 7.50. The van der Waals surface area contributed by atoms with E-state index in [1.165, 1.54) is 0 Å². The van der Waals surface area contributed by atoms with Crippen LogP contribution in [0, 0.1) is 0 Å². The first kappa shape index (κ1) is 15.5. The van der Waals surface area contributed by atoms with E-state index in [1.54, 1.807) is 12.4 Å². The molecule has 2 aromatic rings. The second-order valence-electron chi connectivity index (χ2n) is 4.93. The number of aliphatic hydroxyl groups is 1. The normalized spacial score (nSPS) is 12.4. The van der Waals surface area contributed by atoms with Gasteiger partial charge in [0.2, 0.25) is 0 Å². The fourth-order valence-corrected chi connectivity index (χ4v) is 2.19. The minimum absolute atomic E-state index is 0.647. The third kappa shape index (κ3) is 3.61. The van der Waals surface area contributed by atoms with Gasteiger partial charge in [-0.05, 0) is 31.9 Å². The monoisotopic (exact) mass is 289 g/mol. The van der Waals surface area contributed by atoms with E-state index in [4.69, 9.17) is 4.74 Å². The molecule has 1 atom stereocenters. The molecule has 2 rings (SSSR count). The molecule has 0 bridgehead atoms.